The smallest absolute Gasteiger partial charge is 0 e. The Morgan fingerprint density at radius 2 is 0.462 bits per heavy atom. The monoisotopic (exact) mass is 218 g/mol. The van der Waals surface area contributed by atoms with Crippen LogP contribution < -0.4 is 0 Å². The molecule has 0 spiro atoms. The standard InChI is InChI=1S/CN.5CO.Cr/c6*1-2;/q-1;;;;;;. The van der Waals surface area contributed by atoms with Crippen LogP contribution in [0.3, 0.4) is 0 Å². The van der Waals surface area contributed by atoms with Gasteiger partial charge in [0.1, 0.15) is 0 Å². The first kappa shape index (κ1) is 60.4. The fourth-order valence-electron chi connectivity index (χ4n) is 0. The van der Waals surface area contributed by atoms with E-state index in [2.05, 4.69) is 33.3 Å². The van der Waals surface area contributed by atoms with Crippen LogP contribution in [0, 0.1) is 45.1 Å². The van der Waals surface area contributed by atoms with E-state index in [1.54, 1.807) is 0 Å². The van der Waals surface area contributed by atoms with E-state index < -0.39 is 0 Å². The zero-order valence-corrected chi connectivity index (χ0v) is 7.17. The van der Waals surface area contributed by atoms with Crippen LogP contribution in [-0.2, 0) is 40.6 Å². The third kappa shape index (κ3) is 500. The van der Waals surface area contributed by atoms with Gasteiger partial charge in [-0.1, -0.05) is 0 Å². The van der Waals surface area contributed by atoms with Gasteiger partial charge in [-0.2, -0.15) is 0 Å². The van der Waals surface area contributed by atoms with Gasteiger partial charge in [0, 0.05) is 17.4 Å². The topological polar surface area (TPSA) is 123 Å². The van der Waals surface area contributed by atoms with E-state index in [0.29, 0.717) is 0 Å². The normalized spacial score (nSPS) is 0.923. The Kier molecular flexibility index (Phi) is 2890. The molecule has 6 nitrogen and oxygen atoms in total. The van der Waals surface area contributed by atoms with Gasteiger partial charge in [-0.3, -0.25) is 0 Å². The van der Waals surface area contributed by atoms with Gasteiger partial charge in [-0.15, -0.1) is 0 Å². The first-order chi connectivity index (χ1) is 6.00. The second-order valence-electron chi connectivity index (χ2n) is 0. The first-order valence-electron chi connectivity index (χ1n) is 1.24. The van der Waals surface area contributed by atoms with E-state index in [1.165, 1.54) is 0 Å². The number of rotatable bonds is 0. The van der Waals surface area contributed by atoms with E-state index in [9.17, 15) is 0 Å². The molecule has 0 saturated carbocycles. The third-order valence-electron chi connectivity index (χ3n) is 0. The van der Waals surface area contributed by atoms with E-state index in [0.717, 1.165) is 0 Å². The molecule has 0 radical (unpaired) electrons. The molecule has 0 amide bonds. The van der Waals surface area contributed by atoms with Crippen molar-refractivity contribution in [3.05, 3.63) is 39.8 Å². The van der Waals surface area contributed by atoms with E-state index in [1.807, 2.05) is 0 Å². The van der Waals surface area contributed by atoms with Crippen LogP contribution in [0.5, 0.6) is 0 Å². The second kappa shape index (κ2) is 621. The molecule has 0 aromatic carbocycles. The predicted molar refractivity (Wildman–Crippen MR) is 24.6 cm³/mol. The van der Waals surface area contributed by atoms with Crippen LogP contribution in [0.2, 0.25) is 0 Å². The molecule has 0 aliphatic carbocycles. The van der Waals surface area contributed by atoms with Gasteiger partial charge in [0.25, 0.3) is 0 Å². The van der Waals surface area contributed by atoms with Gasteiger partial charge >= 0.3 is 56.5 Å². The Labute approximate surface area is 86.3 Å². The van der Waals surface area contributed by atoms with Crippen LogP contribution >= 0.6 is 0 Å². The molecule has 0 aliphatic rings. The van der Waals surface area contributed by atoms with Gasteiger partial charge in [-0.25, -0.2) is 0 Å². The van der Waals surface area contributed by atoms with E-state index in [4.69, 9.17) is 35.1 Å². The maximum absolute atomic E-state index is 7.50. The minimum Gasteiger partial charge on any atom is 0 e. The van der Waals surface area contributed by atoms with Gasteiger partial charge in [0.2, 0.25) is 0 Å². The molecule has 0 saturated heterocycles. The van der Waals surface area contributed by atoms with Crippen molar-refractivity contribution in [1.29, 1.82) is 5.26 Å². The van der Waals surface area contributed by atoms with Gasteiger partial charge < -0.3 is 11.8 Å². The number of hydrogen-bond acceptors (Lipinski definition) is 1. The van der Waals surface area contributed by atoms with E-state index in [-0.39, 0.29) is 17.4 Å². The molecule has 66 valence electrons. The molecule has 13 heavy (non-hydrogen) atoms. The maximum Gasteiger partial charge on any atom is 0 e. The largest absolute Gasteiger partial charge is 0 e. The summed E-state index contributed by atoms with van der Waals surface area (Å²) in [5, 5.41) is 6.25. The van der Waals surface area contributed by atoms with Crippen molar-refractivity contribution >= 4 is 0 Å². The SMILES string of the molecule is [C-]#N.[C-]#[O+].[C-]#[O+].[C-]#[O+].[C-]#[O+].[C-]#[O+].[Cr]. The summed E-state index contributed by atoms with van der Waals surface area (Å²) >= 11 is 0. The van der Waals surface area contributed by atoms with Crippen molar-refractivity contribution in [3.8, 4) is 0 Å². The summed E-state index contributed by atoms with van der Waals surface area (Å²) in [6, 6.07) is 0. The fraction of sp³-hybridized carbons (Fsp3) is 0. The quantitative estimate of drug-likeness (QED) is 0.409. The van der Waals surface area contributed by atoms with Crippen LogP contribution in [-0.4, -0.2) is 0 Å². The van der Waals surface area contributed by atoms with Gasteiger partial charge in [-0.05, 0) is 0 Å². The van der Waals surface area contributed by atoms with E-state index >= 15 is 0 Å². The molecular weight excluding hydrogens is 218 g/mol. The van der Waals surface area contributed by atoms with Crippen molar-refractivity contribution < 1.29 is 40.6 Å². The first-order valence-corrected chi connectivity index (χ1v) is 1.24. The summed E-state index contributed by atoms with van der Waals surface area (Å²) in [5.41, 5.74) is 0. The van der Waals surface area contributed by atoms with Gasteiger partial charge in [0.05, 0.1) is 0 Å². The average Bonchev–Trinajstić information content (AvgIpc) is 2.33. The van der Waals surface area contributed by atoms with Crippen LogP contribution in [0.25, 0.3) is 0 Å². The average molecular weight is 218 g/mol. The Bertz CT molecular complexity index is 96.0. The minimum absolute atomic E-state index is 0. The zero-order valence-electron chi connectivity index (χ0n) is 5.90. The molecule has 0 fully saturated rings. The minimum atomic E-state index is 0. The molecule has 0 aromatic rings. The van der Waals surface area contributed by atoms with Crippen molar-refractivity contribution in [2.45, 2.75) is 0 Å². The molecule has 0 aromatic heterocycles. The molecule has 7 heteroatoms. The Morgan fingerprint density at radius 1 is 0.462 bits per heavy atom. The van der Waals surface area contributed by atoms with Crippen molar-refractivity contribution in [1.82, 2.24) is 0 Å². The van der Waals surface area contributed by atoms with Crippen molar-refractivity contribution in [2.75, 3.05) is 0 Å². The summed E-state index contributed by atoms with van der Waals surface area (Å²) in [7, 11) is 0. The predicted octanol–water partition coefficient (Wildman–Crippen LogP) is -0.0937. The number of nitrogens with zero attached hydrogens (tertiary/aromatic N) is 1. The zero-order chi connectivity index (χ0) is 12.0. The fourth-order valence-corrected chi connectivity index (χ4v) is 0. The Morgan fingerprint density at radius 3 is 0.462 bits per heavy atom. The maximum atomic E-state index is 7.50. The molecular formula is C6CrNO5-. The summed E-state index contributed by atoms with van der Waals surface area (Å²) in [5.74, 6) is 0. The van der Waals surface area contributed by atoms with Crippen LogP contribution in [0.1, 0.15) is 0 Å². The second-order valence-corrected chi connectivity index (χ2v) is 0. The summed E-state index contributed by atoms with van der Waals surface area (Å²) in [6.45, 7) is 27.2. The summed E-state index contributed by atoms with van der Waals surface area (Å²) in [4.78, 5) is 0. The van der Waals surface area contributed by atoms with Gasteiger partial charge in [0.15, 0.2) is 0 Å². The summed E-state index contributed by atoms with van der Waals surface area (Å²) in [6.07, 6.45) is 0. The Balaban J connectivity index is -0.00000000655. The van der Waals surface area contributed by atoms with Crippen molar-refractivity contribution in [2.24, 2.45) is 0 Å². The van der Waals surface area contributed by atoms with Crippen LogP contribution in [0.15, 0.2) is 0 Å². The number of hydrogen-bond donors (Lipinski definition) is 0. The molecule has 0 heterocycles. The van der Waals surface area contributed by atoms with Crippen molar-refractivity contribution in [3.63, 3.8) is 0 Å². The van der Waals surface area contributed by atoms with Crippen LogP contribution in [0.4, 0.5) is 0 Å². The molecule has 0 rings (SSSR count). The molecule has 0 N–H and O–H groups in total. The summed E-state index contributed by atoms with van der Waals surface area (Å²) < 4.78 is 37.5. The molecule has 0 atom stereocenters. The molecule has 0 unspecified atom stereocenters. The Hall–Kier alpha value is -1.28. The third-order valence-corrected chi connectivity index (χ3v) is 0. The molecule has 0 aliphatic heterocycles. The molecule has 0 bridgehead atoms.